The zero-order chi connectivity index (χ0) is 20.2. The lowest BCUT2D eigenvalue weighted by Crippen LogP contribution is -2.34. The van der Waals surface area contributed by atoms with Gasteiger partial charge in [0.2, 0.25) is 6.79 Å². The van der Waals surface area contributed by atoms with Gasteiger partial charge in [-0.1, -0.05) is 54.1 Å². The third kappa shape index (κ3) is 4.81. The van der Waals surface area contributed by atoms with E-state index < -0.39 is 0 Å². The molecule has 3 aromatic rings. The molecule has 1 N–H and O–H groups in total. The minimum Gasteiger partial charge on any atom is -0.454 e. The highest BCUT2D eigenvalue weighted by Crippen LogP contribution is 2.33. The summed E-state index contributed by atoms with van der Waals surface area (Å²) in [6.45, 7) is 3.61. The fraction of sp³-hybridized carbons (Fsp3) is 0.174. The summed E-state index contributed by atoms with van der Waals surface area (Å²) in [7, 11) is 0. The van der Waals surface area contributed by atoms with E-state index in [1.165, 1.54) is 5.56 Å². The van der Waals surface area contributed by atoms with E-state index in [9.17, 15) is 0 Å². The van der Waals surface area contributed by atoms with Crippen molar-refractivity contribution in [3.05, 3.63) is 88.4 Å². The van der Waals surface area contributed by atoms with Crippen LogP contribution in [0.15, 0.2) is 66.7 Å². The monoisotopic (exact) mass is 424 g/mol. The Morgan fingerprint density at radius 1 is 0.966 bits per heavy atom. The van der Waals surface area contributed by atoms with Crippen LogP contribution in [0.2, 0.25) is 5.02 Å². The molecule has 0 amide bonds. The number of ether oxygens (including phenoxy) is 2. The second-order valence-electron chi connectivity index (χ2n) is 6.92. The van der Waals surface area contributed by atoms with Crippen LogP contribution < -0.4 is 14.8 Å². The molecule has 1 heterocycles. The van der Waals surface area contributed by atoms with Gasteiger partial charge in [0.15, 0.2) is 16.6 Å². The molecule has 0 atom stereocenters. The summed E-state index contributed by atoms with van der Waals surface area (Å²) in [5.41, 5.74) is 4.27. The van der Waals surface area contributed by atoms with Gasteiger partial charge in [0.25, 0.3) is 0 Å². The first-order valence-corrected chi connectivity index (χ1v) is 10.1. The average Bonchev–Trinajstić information content (AvgIpc) is 3.19. The molecule has 1 aliphatic rings. The van der Waals surface area contributed by atoms with Gasteiger partial charge >= 0.3 is 0 Å². The highest BCUT2D eigenvalue weighted by Gasteiger charge is 2.17. The second kappa shape index (κ2) is 8.72. The van der Waals surface area contributed by atoms with E-state index in [1.54, 1.807) is 0 Å². The first-order chi connectivity index (χ1) is 14.1. The minimum absolute atomic E-state index is 0.264. The number of nitrogens with one attached hydrogen (secondary N) is 1. The number of aryl methyl sites for hydroxylation is 1. The van der Waals surface area contributed by atoms with E-state index in [0.29, 0.717) is 23.2 Å². The van der Waals surface area contributed by atoms with Gasteiger partial charge < -0.3 is 19.7 Å². The molecule has 4 rings (SSSR count). The summed E-state index contributed by atoms with van der Waals surface area (Å²) in [5, 5.41) is 4.67. The smallest absolute Gasteiger partial charge is 0.231 e. The molecular weight excluding hydrogens is 404 g/mol. The van der Waals surface area contributed by atoms with Crippen LogP contribution in [-0.2, 0) is 13.1 Å². The topological polar surface area (TPSA) is 33.7 Å². The number of anilines is 1. The Morgan fingerprint density at radius 2 is 1.72 bits per heavy atom. The van der Waals surface area contributed by atoms with Crippen LogP contribution in [0.25, 0.3) is 0 Å². The SMILES string of the molecule is Cc1ccc(Cl)cc1NC(=S)N(Cc1ccccc1)Cc1ccc2c(c1)OCO2. The molecule has 0 bridgehead atoms. The first-order valence-electron chi connectivity index (χ1n) is 9.33. The lowest BCUT2D eigenvalue weighted by atomic mass is 10.1. The van der Waals surface area contributed by atoms with Gasteiger partial charge in [-0.15, -0.1) is 0 Å². The third-order valence-electron chi connectivity index (χ3n) is 4.76. The Labute approximate surface area is 181 Å². The fourth-order valence-corrected chi connectivity index (χ4v) is 3.60. The Balaban J connectivity index is 1.57. The number of halogens is 1. The van der Waals surface area contributed by atoms with E-state index in [4.69, 9.17) is 33.3 Å². The predicted molar refractivity (Wildman–Crippen MR) is 121 cm³/mol. The van der Waals surface area contributed by atoms with Crippen molar-refractivity contribution in [3.8, 4) is 11.5 Å². The molecule has 3 aromatic carbocycles. The van der Waals surface area contributed by atoms with E-state index >= 15 is 0 Å². The Kier molecular flexibility index (Phi) is 5.88. The number of fused-ring (bicyclic) bond motifs is 1. The van der Waals surface area contributed by atoms with Crippen LogP contribution in [0.5, 0.6) is 11.5 Å². The van der Waals surface area contributed by atoms with Crippen LogP contribution in [-0.4, -0.2) is 16.8 Å². The van der Waals surface area contributed by atoms with E-state index in [-0.39, 0.29) is 6.79 Å². The van der Waals surface area contributed by atoms with Gasteiger partial charge in [0.1, 0.15) is 0 Å². The standard InChI is InChI=1S/C23H21ClN2O2S/c1-16-7-9-19(24)12-20(16)25-23(29)26(13-17-5-3-2-4-6-17)14-18-8-10-21-22(11-18)28-15-27-21/h2-12H,13-15H2,1H3,(H,25,29). The van der Waals surface area contributed by atoms with Crippen LogP contribution in [0.1, 0.15) is 16.7 Å². The van der Waals surface area contributed by atoms with Gasteiger partial charge in [-0.05, 0) is 60.1 Å². The molecule has 0 aliphatic carbocycles. The van der Waals surface area contributed by atoms with E-state index in [0.717, 1.165) is 28.3 Å². The zero-order valence-electron chi connectivity index (χ0n) is 16.0. The van der Waals surface area contributed by atoms with E-state index in [2.05, 4.69) is 22.3 Å². The number of benzene rings is 3. The summed E-state index contributed by atoms with van der Waals surface area (Å²) < 4.78 is 10.9. The highest BCUT2D eigenvalue weighted by atomic mass is 35.5. The molecule has 0 radical (unpaired) electrons. The Hall–Kier alpha value is -2.76. The molecule has 1 aliphatic heterocycles. The van der Waals surface area contributed by atoms with Crippen molar-refractivity contribution in [2.75, 3.05) is 12.1 Å². The Bertz CT molecular complexity index is 1030. The summed E-state index contributed by atoms with van der Waals surface area (Å²) in [5.74, 6) is 1.55. The van der Waals surface area contributed by atoms with Crippen molar-refractivity contribution in [2.45, 2.75) is 20.0 Å². The molecule has 0 aromatic heterocycles. The molecule has 0 fully saturated rings. The minimum atomic E-state index is 0.264. The summed E-state index contributed by atoms with van der Waals surface area (Å²) in [6.07, 6.45) is 0. The predicted octanol–water partition coefficient (Wildman–Crippen LogP) is 5.78. The first kappa shape index (κ1) is 19.6. The number of thiocarbonyl (C=S) groups is 1. The maximum absolute atomic E-state index is 6.17. The maximum atomic E-state index is 6.17. The number of hydrogen-bond acceptors (Lipinski definition) is 3. The lowest BCUT2D eigenvalue weighted by molar-refractivity contribution is 0.174. The molecule has 0 saturated heterocycles. The van der Waals surface area contributed by atoms with Crippen LogP contribution in [0, 0.1) is 6.92 Å². The van der Waals surface area contributed by atoms with Crippen molar-refractivity contribution >= 4 is 34.6 Å². The van der Waals surface area contributed by atoms with Crippen molar-refractivity contribution in [1.82, 2.24) is 4.90 Å². The number of nitrogens with zero attached hydrogens (tertiary/aromatic N) is 1. The Morgan fingerprint density at radius 3 is 2.55 bits per heavy atom. The molecule has 0 spiro atoms. The molecule has 0 saturated carbocycles. The van der Waals surface area contributed by atoms with E-state index in [1.807, 2.05) is 61.5 Å². The highest BCUT2D eigenvalue weighted by molar-refractivity contribution is 7.80. The lowest BCUT2D eigenvalue weighted by Gasteiger charge is -2.27. The molecule has 148 valence electrons. The quantitative estimate of drug-likeness (QED) is 0.525. The summed E-state index contributed by atoms with van der Waals surface area (Å²) >= 11 is 11.9. The largest absolute Gasteiger partial charge is 0.454 e. The van der Waals surface area contributed by atoms with Crippen LogP contribution in [0.3, 0.4) is 0 Å². The molecule has 4 nitrogen and oxygen atoms in total. The van der Waals surface area contributed by atoms with Gasteiger partial charge in [0.05, 0.1) is 0 Å². The van der Waals surface area contributed by atoms with Crippen molar-refractivity contribution in [3.63, 3.8) is 0 Å². The molecular formula is C23H21ClN2O2S. The zero-order valence-corrected chi connectivity index (χ0v) is 17.6. The average molecular weight is 425 g/mol. The molecule has 6 heteroatoms. The molecule has 29 heavy (non-hydrogen) atoms. The number of hydrogen-bond donors (Lipinski definition) is 1. The maximum Gasteiger partial charge on any atom is 0.231 e. The second-order valence-corrected chi connectivity index (χ2v) is 7.74. The van der Waals surface area contributed by atoms with Gasteiger partial charge in [-0.2, -0.15) is 0 Å². The fourth-order valence-electron chi connectivity index (χ4n) is 3.19. The van der Waals surface area contributed by atoms with Gasteiger partial charge in [0, 0.05) is 23.8 Å². The number of rotatable bonds is 5. The van der Waals surface area contributed by atoms with Crippen molar-refractivity contribution in [1.29, 1.82) is 0 Å². The van der Waals surface area contributed by atoms with Crippen LogP contribution in [0.4, 0.5) is 5.69 Å². The van der Waals surface area contributed by atoms with Gasteiger partial charge in [-0.25, -0.2) is 0 Å². The normalized spacial score (nSPS) is 11.9. The van der Waals surface area contributed by atoms with Gasteiger partial charge in [-0.3, -0.25) is 0 Å². The summed E-state index contributed by atoms with van der Waals surface area (Å²) in [6, 6.07) is 22.0. The third-order valence-corrected chi connectivity index (χ3v) is 5.35. The van der Waals surface area contributed by atoms with Crippen LogP contribution >= 0.6 is 23.8 Å². The molecule has 0 unspecified atom stereocenters. The van der Waals surface area contributed by atoms with Crippen molar-refractivity contribution < 1.29 is 9.47 Å². The van der Waals surface area contributed by atoms with Crippen molar-refractivity contribution in [2.24, 2.45) is 0 Å². The summed E-state index contributed by atoms with van der Waals surface area (Å²) in [4.78, 5) is 2.13.